The largest absolute Gasteiger partial charge is 0.497 e. The topological polar surface area (TPSA) is 70.5 Å². The number of ether oxygens (including phenoxy) is 2. The summed E-state index contributed by atoms with van der Waals surface area (Å²) in [5, 5.41) is 0. The van der Waals surface area contributed by atoms with Gasteiger partial charge in [-0.1, -0.05) is 0 Å². The van der Waals surface area contributed by atoms with E-state index >= 15 is 0 Å². The van der Waals surface area contributed by atoms with E-state index in [-0.39, 0.29) is 24.8 Å². The first-order chi connectivity index (χ1) is 8.65. The molecule has 2 aromatic carbocycles. The molecule has 110 valence electrons. The van der Waals surface area contributed by atoms with Crippen LogP contribution in [0.1, 0.15) is 0 Å². The van der Waals surface area contributed by atoms with E-state index in [4.69, 9.17) is 20.9 Å². The monoisotopic (exact) mass is 316 g/mol. The van der Waals surface area contributed by atoms with E-state index in [1.165, 1.54) is 0 Å². The summed E-state index contributed by atoms with van der Waals surface area (Å²) in [4.78, 5) is 0. The van der Waals surface area contributed by atoms with Crippen molar-refractivity contribution < 1.29 is 9.47 Å². The second kappa shape index (κ2) is 7.72. The molecule has 0 aromatic heterocycles. The van der Waals surface area contributed by atoms with Gasteiger partial charge in [0.2, 0.25) is 0 Å². The van der Waals surface area contributed by atoms with Crippen molar-refractivity contribution >= 4 is 36.2 Å². The average molecular weight is 317 g/mol. The Morgan fingerprint density at radius 3 is 2.10 bits per heavy atom. The molecule has 0 saturated carbocycles. The lowest BCUT2D eigenvalue weighted by molar-refractivity contribution is 0.395. The molecular weight excluding hydrogens is 299 g/mol. The molecule has 0 fully saturated rings. The Morgan fingerprint density at radius 2 is 1.50 bits per heavy atom. The smallest absolute Gasteiger partial charge is 0.130 e. The molecule has 0 aliphatic carbocycles. The van der Waals surface area contributed by atoms with Crippen molar-refractivity contribution in [3.63, 3.8) is 0 Å². The third kappa shape index (κ3) is 3.62. The molecule has 6 heteroatoms. The van der Waals surface area contributed by atoms with Crippen LogP contribution in [0.5, 0.6) is 11.5 Å². The van der Waals surface area contributed by atoms with Crippen LogP contribution in [-0.2, 0) is 0 Å². The standard InChI is InChI=1S/C14H16N2O2.2ClH/c1-17-10-4-5-11(14(8-10)18-2)12-7-9(15)3-6-13(12)16;;/h3-8H,15-16H2,1-2H3;2*1H. The van der Waals surface area contributed by atoms with Crippen LogP contribution in [0.15, 0.2) is 36.4 Å². The molecule has 0 atom stereocenters. The summed E-state index contributed by atoms with van der Waals surface area (Å²) < 4.78 is 10.5. The van der Waals surface area contributed by atoms with E-state index in [9.17, 15) is 0 Å². The Kier molecular flexibility index (Phi) is 7.04. The lowest BCUT2D eigenvalue weighted by Crippen LogP contribution is -1.95. The summed E-state index contributed by atoms with van der Waals surface area (Å²) in [7, 11) is 3.23. The summed E-state index contributed by atoms with van der Waals surface area (Å²) in [6, 6.07) is 11.0. The fraction of sp³-hybridized carbons (Fsp3) is 0.143. The van der Waals surface area contributed by atoms with Gasteiger partial charge in [0, 0.05) is 28.6 Å². The van der Waals surface area contributed by atoms with Crippen molar-refractivity contribution in [1.82, 2.24) is 0 Å². The van der Waals surface area contributed by atoms with E-state index in [2.05, 4.69) is 0 Å². The summed E-state index contributed by atoms with van der Waals surface area (Å²) in [6.45, 7) is 0. The van der Waals surface area contributed by atoms with Gasteiger partial charge in [-0.2, -0.15) is 0 Å². The van der Waals surface area contributed by atoms with E-state index in [1.807, 2.05) is 24.3 Å². The summed E-state index contributed by atoms with van der Waals surface area (Å²) >= 11 is 0. The molecular formula is C14H18Cl2N2O2. The molecule has 0 spiro atoms. The van der Waals surface area contributed by atoms with Crippen molar-refractivity contribution in [3.05, 3.63) is 36.4 Å². The van der Waals surface area contributed by atoms with Crippen LogP contribution in [0, 0.1) is 0 Å². The zero-order chi connectivity index (χ0) is 13.1. The summed E-state index contributed by atoms with van der Waals surface area (Å²) in [6.07, 6.45) is 0. The number of benzene rings is 2. The molecule has 0 saturated heterocycles. The summed E-state index contributed by atoms with van der Waals surface area (Å²) in [5.74, 6) is 1.43. The first-order valence-corrected chi connectivity index (χ1v) is 5.53. The zero-order valence-electron chi connectivity index (χ0n) is 11.3. The van der Waals surface area contributed by atoms with Gasteiger partial charge < -0.3 is 20.9 Å². The number of nitrogens with two attached hydrogens (primary N) is 2. The highest BCUT2D eigenvalue weighted by Crippen LogP contribution is 2.37. The Balaban J connectivity index is 0.00000180. The van der Waals surface area contributed by atoms with Gasteiger partial charge in [-0.15, -0.1) is 24.8 Å². The molecule has 0 radical (unpaired) electrons. The number of hydrogen-bond donors (Lipinski definition) is 2. The van der Waals surface area contributed by atoms with Crippen molar-refractivity contribution in [2.45, 2.75) is 0 Å². The molecule has 2 rings (SSSR count). The lowest BCUT2D eigenvalue weighted by atomic mass is 10.0. The third-order valence-electron chi connectivity index (χ3n) is 2.78. The molecule has 2 aromatic rings. The number of halogens is 2. The average Bonchev–Trinajstić information content (AvgIpc) is 2.41. The number of rotatable bonds is 3. The van der Waals surface area contributed by atoms with Gasteiger partial charge in [0.15, 0.2) is 0 Å². The van der Waals surface area contributed by atoms with Crippen molar-refractivity contribution in [3.8, 4) is 22.6 Å². The number of methoxy groups -OCH3 is 2. The van der Waals surface area contributed by atoms with Crippen LogP contribution < -0.4 is 20.9 Å². The fourth-order valence-electron chi connectivity index (χ4n) is 1.83. The maximum atomic E-state index is 5.97. The van der Waals surface area contributed by atoms with Crippen molar-refractivity contribution in [2.24, 2.45) is 0 Å². The first-order valence-electron chi connectivity index (χ1n) is 5.53. The van der Waals surface area contributed by atoms with Crippen LogP contribution >= 0.6 is 24.8 Å². The van der Waals surface area contributed by atoms with Gasteiger partial charge in [-0.25, -0.2) is 0 Å². The van der Waals surface area contributed by atoms with Gasteiger partial charge in [-0.3, -0.25) is 0 Å². The highest BCUT2D eigenvalue weighted by atomic mass is 35.5. The number of anilines is 2. The minimum atomic E-state index is 0. The van der Waals surface area contributed by atoms with Crippen molar-refractivity contribution in [2.75, 3.05) is 25.7 Å². The number of hydrogen-bond acceptors (Lipinski definition) is 4. The van der Waals surface area contributed by atoms with E-state index in [0.29, 0.717) is 17.1 Å². The van der Waals surface area contributed by atoms with Crippen LogP contribution in [0.25, 0.3) is 11.1 Å². The normalized spacial score (nSPS) is 9.10. The molecule has 0 heterocycles. The van der Waals surface area contributed by atoms with Crippen LogP contribution in [0.2, 0.25) is 0 Å². The molecule has 0 aliphatic heterocycles. The van der Waals surface area contributed by atoms with Gasteiger partial charge in [0.1, 0.15) is 11.5 Å². The van der Waals surface area contributed by atoms with Crippen LogP contribution in [-0.4, -0.2) is 14.2 Å². The van der Waals surface area contributed by atoms with Gasteiger partial charge in [0.25, 0.3) is 0 Å². The van der Waals surface area contributed by atoms with Gasteiger partial charge >= 0.3 is 0 Å². The maximum Gasteiger partial charge on any atom is 0.130 e. The van der Waals surface area contributed by atoms with Crippen molar-refractivity contribution in [1.29, 1.82) is 0 Å². The minimum absolute atomic E-state index is 0. The Morgan fingerprint density at radius 1 is 0.800 bits per heavy atom. The molecule has 0 aliphatic rings. The Labute approximate surface area is 130 Å². The molecule has 0 bridgehead atoms. The maximum absolute atomic E-state index is 5.97. The van der Waals surface area contributed by atoms with Crippen LogP contribution in [0.3, 0.4) is 0 Å². The first kappa shape index (κ1) is 18.2. The predicted molar refractivity (Wildman–Crippen MR) is 88.3 cm³/mol. The molecule has 4 N–H and O–H groups in total. The molecule has 20 heavy (non-hydrogen) atoms. The lowest BCUT2D eigenvalue weighted by Gasteiger charge is -2.12. The Hall–Kier alpha value is -1.78. The molecule has 4 nitrogen and oxygen atoms in total. The minimum Gasteiger partial charge on any atom is -0.497 e. The van der Waals surface area contributed by atoms with E-state index in [0.717, 1.165) is 16.9 Å². The van der Waals surface area contributed by atoms with Crippen LogP contribution in [0.4, 0.5) is 11.4 Å². The second-order valence-corrected chi connectivity index (χ2v) is 3.91. The van der Waals surface area contributed by atoms with Gasteiger partial charge in [0.05, 0.1) is 14.2 Å². The highest BCUT2D eigenvalue weighted by molar-refractivity contribution is 5.85. The molecule has 0 amide bonds. The molecule has 0 unspecified atom stereocenters. The second-order valence-electron chi connectivity index (χ2n) is 3.91. The van der Waals surface area contributed by atoms with E-state index < -0.39 is 0 Å². The van der Waals surface area contributed by atoms with Gasteiger partial charge in [-0.05, 0) is 30.3 Å². The van der Waals surface area contributed by atoms with E-state index in [1.54, 1.807) is 26.4 Å². The highest BCUT2D eigenvalue weighted by Gasteiger charge is 2.10. The predicted octanol–water partition coefficient (Wildman–Crippen LogP) is 3.38. The quantitative estimate of drug-likeness (QED) is 0.852. The summed E-state index contributed by atoms with van der Waals surface area (Å²) in [5.41, 5.74) is 14.8. The fourth-order valence-corrected chi connectivity index (χ4v) is 1.83. The number of nitrogen functional groups attached to an aromatic ring is 2. The SMILES string of the molecule is COc1ccc(-c2cc(N)ccc2N)c(OC)c1.Cl.Cl. The Bertz CT molecular complexity index is 577. The third-order valence-corrected chi connectivity index (χ3v) is 2.78. The zero-order valence-corrected chi connectivity index (χ0v) is 12.9.